The van der Waals surface area contributed by atoms with Crippen LogP contribution < -0.4 is 15.2 Å². The van der Waals surface area contributed by atoms with Crippen LogP contribution in [-0.4, -0.2) is 48.6 Å². The highest BCUT2D eigenvalue weighted by atomic mass is 19.1. The standard InChI is InChI=1S/C20H23FN3O3/c1-26-16-6-5-14-18(19(16)21)13-8-12(11-27-17(13)9-23-14)10-24-7-3-2-4-15(24)20(22)25/h2,5-6,9,12,15H,3-4,7-8,10-11H2,1H3,(H2,22,25). The third-order valence-electron chi connectivity index (χ3n) is 5.46. The van der Waals surface area contributed by atoms with Crippen LogP contribution in [0.5, 0.6) is 11.5 Å². The Hall–Kier alpha value is -2.41. The van der Waals surface area contributed by atoms with E-state index in [0.29, 0.717) is 42.6 Å². The summed E-state index contributed by atoms with van der Waals surface area (Å²) in [5.74, 6) is 0.248. The second-order valence-electron chi connectivity index (χ2n) is 7.18. The van der Waals surface area contributed by atoms with E-state index < -0.39 is 5.82 Å². The molecule has 1 fully saturated rings. The van der Waals surface area contributed by atoms with Crippen molar-refractivity contribution in [3.05, 3.63) is 36.1 Å². The molecule has 0 spiro atoms. The van der Waals surface area contributed by atoms with E-state index in [1.54, 1.807) is 18.3 Å². The smallest absolute Gasteiger partial charge is 0.234 e. The monoisotopic (exact) mass is 372 g/mol. The number of hydrogen-bond acceptors (Lipinski definition) is 5. The number of fused-ring (bicyclic) bond motifs is 3. The molecular formula is C20H23FN3O3. The number of amides is 1. The number of carbonyl (C=O) groups is 1. The first kappa shape index (κ1) is 18.0. The van der Waals surface area contributed by atoms with Gasteiger partial charge in [0.15, 0.2) is 11.6 Å². The summed E-state index contributed by atoms with van der Waals surface area (Å²) in [5, 5.41) is 0.454. The Kier molecular flexibility index (Phi) is 4.86. The number of nitrogens with zero attached hydrogens (tertiary/aromatic N) is 2. The molecule has 0 bridgehead atoms. The molecule has 1 radical (unpaired) electrons. The maximum atomic E-state index is 14.9. The quantitative estimate of drug-likeness (QED) is 0.889. The zero-order chi connectivity index (χ0) is 19.0. The lowest BCUT2D eigenvalue weighted by Gasteiger charge is -2.37. The Balaban J connectivity index is 1.63. The van der Waals surface area contributed by atoms with Crippen LogP contribution in [0.25, 0.3) is 10.9 Å². The summed E-state index contributed by atoms with van der Waals surface area (Å²) in [6.45, 7) is 2.00. The van der Waals surface area contributed by atoms with Gasteiger partial charge in [-0.1, -0.05) is 0 Å². The van der Waals surface area contributed by atoms with Gasteiger partial charge in [0.25, 0.3) is 0 Å². The van der Waals surface area contributed by atoms with Gasteiger partial charge in [-0.3, -0.25) is 14.7 Å². The molecule has 1 saturated heterocycles. The number of ether oxygens (including phenoxy) is 2. The van der Waals surface area contributed by atoms with E-state index in [9.17, 15) is 9.18 Å². The van der Waals surface area contributed by atoms with Crippen molar-refractivity contribution in [3.8, 4) is 11.5 Å². The van der Waals surface area contributed by atoms with Crippen molar-refractivity contribution >= 4 is 16.8 Å². The highest BCUT2D eigenvalue weighted by Gasteiger charge is 2.31. The summed E-state index contributed by atoms with van der Waals surface area (Å²) in [7, 11) is 1.45. The molecule has 1 aromatic heterocycles. The normalized spacial score (nSPS) is 22.9. The number of halogens is 1. The van der Waals surface area contributed by atoms with Crippen LogP contribution in [0.15, 0.2) is 18.3 Å². The van der Waals surface area contributed by atoms with Crippen molar-refractivity contribution in [3.63, 3.8) is 0 Å². The van der Waals surface area contributed by atoms with Crippen molar-refractivity contribution in [1.82, 2.24) is 9.88 Å². The fraction of sp³-hybridized carbons (Fsp3) is 0.450. The van der Waals surface area contributed by atoms with E-state index in [1.165, 1.54) is 7.11 Å². The molecule has 6 nitrogen and oxygen atoms in total. The van der Waals surface area contributed by atoms with Crippen LogP contribution in [0, 0.1) is 18.2 Å². The van der Waals surface area contributed by atoms with Gasteiger partial charge in [-0.2, -0.15) is 0 Å². The van der Waals surface area contributed by atoms with Crippen molar-refractivity contribution in [2.45, 2.75) is 25.3 Å². The number of pyridine rings is 1. The molecule has 7 heteroatoms. The summed E-state index contributed by atoms with van der Waals surface area (Å²) < 4.78 is 25.9. The van der Waals surface area contributed by atoms with E-state index >= 15 is 0 Å². The highest BCUT2D eigenvalue weighted by Crippen LogP contribution is 2.37. The molecule has 4 rings (SSSR count). The van der Waals surface area contributed by atoms with Crippen molar-refractivity contribution < 1.29 is 18.7 Å². The van der Waals surface area contributed by atoms with Gasteiger partial charge in [-0.25, -0.2) is 4.39 Å². The molecule has 2 atom stereocenters. The number of primary amides is 1. The van der Waals surface area contributed by atoms with E-state index in [0.717, 1.165) is 18.5 Å². The SMILES string of the molecule is COc1ccc2ncc3c(c2c1F)CC(CN1CC[CH]CC1C(N)=O)CO3. The van der Waals surface area contributed by atoms with E-state index in [4.69, 9.17) is 15.2 Å². The lowest BCUT2D eigenvalue weighted by molar-refractivity contribution is -0.124. The minimum atomic E-state index is -0.411. The Morgan fingerprint density at radius 3 is 3.11 bits per heavy atom. The third-order valence-corrected chi connectivity index (χ3v) is 5.46. The molecule has 2 aliphatic heterocycles. The molecule has 2 aliphatic rings. The van der Waals surface area contributed by atoms with Crippen LogP contribution in [0.1, 0.15) is 18.4 Å². The molecule has 2 aromatic rings. The van der Waals surface area contributed by atoms with Gasteiger partial charge >= 0.3 is 0 Å². The van der Waals surface area contributed by atoms with E-state index in [1.807, 2.05) is 0 Å². The van der Waals surface area contributed by atoms with Crippen molar-refractivity contribution in [2.24, 2.45) is 11.7 Å². The predicted molar refractivity (Wildman–Crippen MR) is 99.0 cm³/mol. The largest absolute Gasteiger partial charge is 0.494 e. The molecule has 27 heavy (non-hydrogen) atoms. The maximum Gasteiger partial charge on any atom is 0.234 e. The van der Waals surface area contributed by atoms with Crippen LogP contribution in [0.3, 0.4) is 0 Å². The van der Waals surface area contributed by atoms with E-state index in [-0.39, 0.29) is 23.6 Å². The number of piperidine rings is 1. The van der Waals surface area contributed by atoms with Crippen molar-refractivity contribution in [2.75, 3.05) is 26.8 Å². The van der Waals surface area contributed by atoms with Gasteiger partial charge in [0, 0.05) is 23.4 Å². The van der Waals surface area contributed by atoms with Gasteiger partial charge < -0.3 is 15.2 Å². The molecule has 1 amide bonds. The maximum absolute atomic E-state index is 14.9. The molecule has 2 N–H and O–H groups in total. The molecule has 2 unspecified atom stereocenters. The molecular weight excluding hydrogens is 349 g/mol. The molecule has 1 aromatic carbocycles. The van der Waals surface area contributed by atoms with Crippen LogP contribution >= 0.6 is 0 Å². The minimum Gasteiger partial charge on any atom is -0.494 e. The van der Waals surface area contributed by atoms with Crippen LogP contribution in [-0.2, 0) is 11.2 Å². The molecule has 3 heterocycles. The Morgan fingerprint density at radius 1 is 1.48 bits per heavy atom. The first-order valence-electron chi connectivity index (χ1n) is 9.20. The summed E-state index contributed by atoms with van der Waals surface area (Å²) >= 11 is 0. The number of carbonyl (C=O) groups excluding carboxylic acids is 1. The highest BCUT2D eigenvalue weighted by molar-refractivity contribution is 5.86. The number of hydrogen-bond donors (Lipinski definition) is 1. The Morgan fingerprint density at radius 2 is 2.33 bits per heavy atom. The average molecular weight is 372 g/mol. The number of nitrogens with two attached hydrogens (primary N) is 1. The van der Waals surface area contributed by atoms with Gasteiger partial charge in [-0.05, 0) is 44.4 Å². The minimum absolute atomic E-state index is 0.147. The molecule has 0 aliphatic carbocycles. The third kappa shape index (κ3) is 3.32. The average Bonchev–Trinajstić information content (AvgIpc) is 2.68. The zero-order valence-electron chi connectivity index (χ0n) is 15.3. The van der Waals surface area contributed by atoms with Gasteiger partial charge in [0.1, 0.15) is 5.75 Å². The zero-order valence-corrected chi connectivity index (χ0v) is 15.3. The van der Waals surface area contributed by atoms with Gasteiger partial charge in [0.2, 0.25) is 5.91 Å². The van der Waals surface area contributed by atoms with Crippen LogP contribution in [0.4, 0.5) is 4.39 Å². The lowest BCUT2D eigenvalue weighted by atomic mass is 9.92. The fourth-order valence-corrected chi connectivity index (χ4v) is 4.11. The fourth-order valence-electron chi connectivity index (χ4n) is 4.11. The summed E-state index contributed by atoms with van der Waals surface area (Å²) in [5.41, 5.74) is 6.96. The summed E-state index contributed by atoms with van der Waals surface area (Å²) in [6, 6.07) is 3.07. The number of benzene rings is 1. The summed E-state index contributed by atoms with van der Waals surface area (Å²) in [6.07, 6.45) is 6.04. The Labute approximate surface area is 157 Å². The second kappa shape index (κ2) is 7.31. The summed E-state index contributed by atoms with van der Waals surface area (Å²) in [4.78, 5) is 18.2. The Bertz CT molecular complexity index is 868. The van der Waals surface area contributed by atoms with Gasteiger partial charge in [-0.15, -0.1) is 0 Å². The van der Waals surface area contributed by atoms with E-state index in [2.05, 4.69) is 16.3 Å². The molecule has 143 valence electrons. The first-order chi connectivity index (χ1) is 13.1. The number of rotatable bonds is 4. The number of aromatic nitrogens is 1. The van der Waals surface area contributed by atoms with Crippen LogP contribution in [0.2, 0.25) is 0 Å². The lowest BCUT2D eigenvalue weighted by Crippen LogP contribution is -2.50. The second-order valence-corrected chi connectivity index (χ2v) is 7.18. The van der Waals surface area contributed by atoms with Gasteiger partial charge in [0.05, 0.1) is 31.5 Å². The number of likely N-dealkylation sites (tertiary alicyclic amines) is 1. The first-order valence-corrected chi connectivity index (χ1v) is 9.20. The number of methoxy groups -OCH3 is 1. The predicted octanol–water partition coefficient (Wildman–Crippen LogP) is 2.09. The van der Waals surface area contributed by atoms with Crippen molar-refractivity contribution in [1.29, 1.82) is 0 Å². The molecule has 0 saturated carbocycles. The topological polar surface area (TPSA) is 77.7 Å².